The quantitative estimate of drug-likeness (QED) is 0.552. The van der Waals surface area contributed by atoms with Crippen LogP contribution in [0.1, 0.15) is 51.4 Å². The van der Waals surface area contributed by atoms with Gasteiger partial charge < -0.3 is 10.6 Å². The van der Waals surface area contributed by atoms with Crippen LogP contribution in [0.2, 0.25) is 0 Å². The molecule has 2 rings (SSSR count). The predicted molar refractivity (Wildman–Crippen MR) is 65.2 cm³/mol. The molecule has 2 N–H and O–H groups in total. The minimum absolute atomic E-state index is 0.266. The minimum atomic E-state index is 0.266. The number of hydrogen-bond donors (Lipinski definition) is 2. The fourth-order valence-corrected chi connectivity index (χ4v) is 2.44. The molecule has 3 heteroatoms. The van der Waals surface area contributed by atoms with E-state index in [1.807, 2.05) is 0 Å². The van der Waals surface area contributed by atoms with Gasteiger partial charge in [-0.25, -0.2) is 0 Å². The smallest absolute Gasteiger partial charge is 0.223 e. The Kier molecular flexibility index (Phi) is 4.64. The van der Waals surface area contributed by atoms with Crippen molar-refractivity contribution >= 4 is 5.91 Å². The van der Waals surface area contributed by atoms with E-state index in [1.54, 1.807) is 0 Å². The molecular formula is C13H24N2O. The monoisotopic (exact) mass is 224 g/mol. The normalized spacial score (nSPS) is 22.8. The molecule has 0 saturated heterocycles. The molecule has 92 valence electrons. The summed E-state index contributed by atoms with van der Waals surface area (Å²) in [7, 11) is 0. The number of rotatable bonds is 5. The van der Waals surface area contributed by atoms with Crippen LogP contribution in [0.15, 0.2) is 0 Å². The first-order valence-corrected chi connectivity index (χ1v) is 6.87. The summed E-state index contributed by atoms with van der Waals surface area (Å²) in [6, 6.07) is 0.695. The fraction of sp³-hybridized carbons (Fsp3) is 0.923. The van der Waals surface area contributed by atoms with Crippen LogP contribution in [0.3, 0.4) is 0 Å². The summed E-state index contributed by atoms with van der Waals surface area (Å²) < 4.78 is 0. The van der Waals surface area contributed by atoms with Gasteiger partial charge in [-0.2, -0.15) is 0 Å². The van der Waals surface area contributed by atoms with E-state index >= 15 is 0 Å². The van der Waals surface area contributed by atoms with Crippen LogP contribution in [0, 0.1) is 5.92 Å². The minimum Gasteiger partial charge on any atom is -0.355 e. The SMILES string of the molecule is O=C(NCCNC1CCCCCC1)C1CC1. The summed E-state index contributed by atoms with van der Waals surface area (Å²) in [5.41, 5.74) is 0. The average molecular weight is 224 g/mol. The molecule has 0 atom stereocenters. The maximum atomic E-state index is 11.4. The third-order valence-electron chi connectivity index (χ3n) is 3.66. The van der Waals surface area contributed by atoms with Gasteiger partial charge in [-0.1, -0.05) is 25.7 Å². The van der Waals surface area contributed by atoms with Gasteiger partial charge in [0.15, 0.2) is 0 Å². The summed E-state index contributed by atoms with van der Waals surface area (Å²) >= 11 is 0. The summed E-state index contributed by atoms with van der Waals surface area (Å²) in [4.78, 5) is 11.4. The van der Waals surface area contributed by atoms with Crippen molar-refractivity contribution in [3.8, 4) is 0 Å². The molecule has 1 amide bonds. The molecule has 16 heavy (non-hydrogen) atoms. The van der Waals surface area contributed by atoms with Crippen LogP contribution in [-0.4, -0.2) is 25.0 Å². The van der Waals surface area contributed by atoms with E-state index in [4.69, 9.17) is 0 Å². The van der Waals surface area contributed by atoms with Crippen LogP contribution in [0.5, 0.6) is 0 Å². The van der Waals surface area contributed by atoms with Gasteiger partial charge in [0.2, 0.25) is 5.91 Å². The van der Waals surface area contributed by atoms with Gasteiger partial charge in [0.05, 0.1) is 0 Å². The molecule has 0 radical (unpaired) electrons. The summed E-state index contributed by atoms with van der Waals surface area (Å²) in [6.07, 6.45) is 10.4. The topological polar surface area (TPSA) is 41.1 Å². The lowest BCUT2D eigenvalue weighted by atomic mass is 10.1. The highest BCUT2D eigenvalue weighted by molar-refractivity contribution is 5.80. The van der Waals surface area contributed by atoms with E-state index in [0.29, 0.717) is 12.0 Å². The summed E-state index contributed by atoms with van der Waals surface area (Å²) in [6.45, 7) is 1.73. The fourth-order valence-electron chi connectivity index (χ4n) is 2.44. The molecule has 0 aliphatic heterocycles. The predicted octanol–water partition coefficient (Wildman–Crippen LogP) is 1.82. The molecule has 2 saturated carbocycles. The van der Waals surface area contributed by atoms with E-state index < -0.39 is 0 Å². The largest absolute Gasteiger partial charge is 0.355 e. The second kappa shape index (κ2) is 6.24. The van der Waals surface area contributed by atoms with Crippen molar-refractivity contribution in [2.75, 3.05) is 13.1 Å². The van der Waals surface area contributed by atoms with Gasteiger partial charge in [-0.15, -0.1) is 0 Å². The average Bonchev–Trinajstić information content (AvgIpc) is 3.10. The van der Waals surface area contributed by atoms with Crippen LogP contribution in [0.4, 0.5) is 0 Å². The molecule has 2 aliphatic carbocycles. The first-order valence-electron chi connectivity index (χ1n) is 6.87. The number of carbonyl (C=O) groups excluding carboxylic acids is 1. The Balaban J connectivity index is 1.51. The molecule has 0 aromatic rings. The van der Waals surface area contributed by atoms with Gasteiger partial charge >= 0.3 is 0 Å². The maximum absolute atomic E-state index is 11.4. The molecule has 0 heterocycles. The zero-order valence-corrected chi connectivity index (χ0v) is 10.1. The lowest BCUT2D eigenvalue weighted by molar-refractivity contribution is -0.122. The lowest BCUT2D eigenvalue weighted by Gasteiger charge is -2.16. The Hall–Kier alpha value is -0.570. The van der Waals surface area contributed by atoms with E-state index in [2.05, 4.69) is 10.6 Å². The third-order valence-corrected chi connectivity index (χ3v) is 3.66. The standard InChI is InChI=1S/C13H24N2O/c16-13(11-7-8-11)15-10-9-14-12-5-3-1-2-4-6-12/h11-12,14H,1-10H2,(H,15,16). The van der Waals surface area contributed by atoms with Gasteiger partial charge in [0, 0.05) is 25.0 Å². The number of carbonyl (C=O) groups is 1. The van der Waals surface area contributed by atoms with Crippen molar-refractivity contribution in [2.24, 2.45) is 5.92 Å². The first-order chi connectivity index (χ1) is 7.86. The van der Waals surface area contributed by atoms with Crippen LogP contribution < -0.4 is 10.6 Å². The Morgan fingerprint density at radius 1 is 0.938 bits per heavy atom. The van der Waals surface area contributed by atoms with E-state index in [-0.39, 0.29) is 5.91 Å². The summed E-state index contributed by atoms with van der Waals surface area (Å²) in [5.74, 6) is 0.612. The van der Waals surface area contributed by atoms with Gasteiger partial charge in [0.25, 0.3) is 0 Å². The number of nitrogens with one attached hydrogen (secondary N) is 2. The third kappa shape index (κ3) is 4.12. The lowest BCUT2D eigenvalue weighted by Crippen LogP contribution is -2.37. The maximum Gasteiger partial charge on any atom is 0.223 e. The Labute approximate surface area is 98.4 Å². The Morgan fingerprint density at radius 3 is 2.25 bits per heavy atom. The van der Waals surface area contributed by atoms with Crippen molar-refractivity contribution in [3.05, 3.63) is 0 Å². The van der Waals surface area contributed by atoms with E-state index in [9.17, 15) is 4.79 Å². The highest BCUT2D eigenvalue weighted by Crippen LogP contribution is 2.28. The number of hydrogen-bond acceptors (Lipinski definition) is 2. The van der Waals surface area contributed by atoms with Crippen molar-refractivity contribution < 1.29 is 4.79 Å². The molecule has 2 fully saturated rings. The molecule has 0 bridgehead atoms. The zero-order valence-electron chi connectivity index (χ0n) is 10.1. The van der Waals surface area contributed by atoms with Crippen LogP contribution in [-0.2, 0) is 4.79 Å². The second-order valence-electron chi connectivity index (χ2n) is 5.21. The molecule has 0 aromatic heterocycles. The number of amides is 1. The summed E-state index contributed by atoms with van der Waals surface area (Å²) in [5, 5.41) is 6.56. The van der Waals surface area contributed by atoms with Crippen molar-refractivity contribution in [2.45, 2.75) is 57.4 Å². The Bertz CT molecular complexity index is 218. The highest BCUT2D eigenvalue weighted by Gasteiger charge is 2.28. The molecule has 2 aliphatic rings. The van der Waals surface area contributed by atoms with Crippen LogP contribution >= 0.6 is 0 Å². The van der Waals surface area contributed by atoms with Gasteiger partial charge in [-0.05, 0) is 25.7 Å². The highest BCUT2D eigenvalue weighted by atomic mass is 16.2. The van der Waals surface area contributed by atoms with Crippen LogP contribution in [0.25, 0.3) is 0 Å². The van der Waals surface area contributed by atoms with Gasteiger partial charge in [0.1, 0.15) is 0 Å². The molecular weight excluding hydrogens is 200 g/mol. The molecule has 0 unspecified atom stereocenters. The molecule has 3 nitrogen and oxygen atoms in total. The van der Waals surface area contributed by atoms with E-state index in [1.165, 1.54) is 38.5 Å². The zero-order chi connectivity index (χ0) is 11.2. The van der Waals surface area contributed by atoms with Crippen molar-refractivity contribution in [3.63, 3.8) is 0 Å². The first kappa shape index (κ1) is 11.9. The Morgan fingerprint density at radius 2 is 1.62 bits per heavy atom. The second-order valence-corrected chi connectivity index (χ2v) is 5.21. The van der Waals surface area contributed by atoms with Gasteiger partial charge in [-0.3, -0.25) is 4.79 Å². The van der Waals surface area contributed by atoms with Crippen molar-refractivity contribution in [1.82, 2.24) is 10.6 Å². The van der Waals surface area contributed by atoms with E-state index in [0.717, 1.165) is 25.9 Å². The molecule has 0 aromatic carbocycles. The van der Waals surface area contributed by atoms with Crippen molar-refractivity contribution in [1.29, 1.82) is 0 Å². The molecule has 0 spiro atoms.